The number of hydrogen-bond donors (Lipinski definition) is 2. The average Bonchev–Trinajstić information content (AvgIpc) is 2.15. The summed E-state index contributed by atoms with van der Waals surface area (Å²) in [6, 6.07) is 9.81. The Morgan fingerprint density at radius 3 is 2.58 bits per heavy atom. The summed E-state index contributed by atoms with van der Waals surface area (Å²) in [6.45, 7) is 2.70. The maximum absolute atomic E-state index is 5.31. The molecule has 3 N–H and O–H groups in total. The summed E-state index contributed by atoms with van der Waals surface area (Å²) in [5.41, 5.74) is 3.58. The van der Waals surface area contributed by atoms with Crippen LogP contribution in [0.15, 0.2) is 35.3 Å². The number of aliphatic imine (C=N–C) groups is 1. The van der Waals surface area contributed by atoms with Gasteiger partial charge in [-0.05, 0) is 6.92 Å². The van der Waals surface area contributed by atoms with Crippen molar-refractivity contribution in [3.63, 3.8) is 0 Å². The van der Waals surface area contributed by atoms with Gasteiger partial charge in [0.25, 0.3) is 0 Å². The fraction of sp³-hybridized carbons (Fsp3) is 0.222. The first-order valence-corrected chi connectivity index (χ1v) is 3.95. The molecule has 0 saturated carbocycles. The van der Waals surface area contributed by atoms with E-state index in [2.05, 4.69) is 10.4 Å². The number of nitrogens with two attached hydrogens (primary N) is 1. The molecule has 0 aromatic heterocycles. The predicted molar refractivity (Wildman–Crippen MR) is 50.8 cm³/mol. The van der Waals surface area contributed by atoms with Crippen LogP contribution in [0.4, 0.5) is 0 Å². The van der Waals surface area contributed by atoms with Gasteiger partial charge >= 0.3 is 0 Å². The van der Waals surface area contributed by atoms with Crippen LogP contribution in [-0.4, -0.2) is 12.4 Å². The molecule has 0 unspecified atom stereocenters. The molecular weight excluding hydrogens is 150 g/mol. The van der Waals surface area contributed by atoms with Gasteiger partial charge in [-0.25, -0.2) is 5.84 Å². The second kappa shape index (κ2) is 4.51. The summed E-state index contributed by atoms with van der Waals surface area (Å²) >= 11 is 0. The van der Waals surface area contributed by atoms with Crippen molar-refractivity contribution in [2.75, 3.05) is 6.54 Å². The van der Waals surface area contributed by atoms with Gasteiger partial charge in [-0.1, -0.05) is 30.3 Å². The van der Waals surface area contributed by atoms with E-state index in [1.165, 1.54) is 0 Å². The van der Waals surface area contributed by atoms with Crippen LogP contribution in [0.5, 0.6) is 0 Å². The molecule has 12 heavy (non-hydrogen) atoms. The lowest BCUT2D eigenvalue weighted by atomic mass is 10.2. The van der Waals surface area contributed by atoms with Crippen molar-refractivity contribution in [2.45, 2.75) is 6.92 Å². The van der Waals surface area contributed by atoms with E-state index >= 15 is 0 Å². The van der Waals surface area contributed by atoms with Gasteiger partial charge in [0.1, 0.15) is 5.84 Å². The molecule has 1 aromatic carbocycles. The SMILES string of the molecule is CCN=C(NN)c1ccccc1. The quantitative estimate of drug-likeness (QED) is 0.295. The molecule has 3 heteroatoms. The Bertz CT molecular complexity index is 254. The third-order valence-electron chi connectivity index (χ3n) is 1.50. The molecule has 0 radical (unpaired) electrons. The van der Waals surface area contributed by atoms with E-state index in [1.54, 1.807) is 0 Å². The molecule has 0 aliphatic heterocycles. The van der Waals surface area contributed by atoms with E-state index in [1.807, 2.05) is 37.3 Å². The summed E-state index contributed by atoms with van der Waals surface area (Å²) in [7, 11) is 0. The Hall–Kier alpha value is -1.35. The van der Waals surface area contributed by atoms with E-state index in [0.29, 0.717) is 0 Å². The van der Waals surface area contributed by atoms with Crippen molar-refractivity contribution in [2.24, 2.45) is 10.8 Å². The highest BCUT2D eigenvalue weighted by Crippen LogP contribution is 1.98. The molecule has 0 aliphatic rings. The van der Waals surface area contributed by atoms with Crippen molar-refractivity contribution in [1.82, 2.24) is 5.43 Å². The zero-order valence-corrected chi connectivity index (χ0v) is 7.12. The highest BCUT2D eigenvalue weighted by Gasteiger charge is 1.97. The molecule has 3 nitrogen and oxygen atoms in total. The minimum Gasteiger partial charge on any atom is -0.308 e. The Balaban J connectivity index is 2.88. The van der Waals surface area contributed by atoms with Gasteiger partial charge in [0.2, 0.25) is 0 Å². The van der Waals surface area contributed by atoms with Crippen LogP contribution in [0.1, 0.15) is 12.5 Å². The minimum atomic E-state index is 0.731. The number of hydrogen-bond acceptors (Lipinski definition) is 2. The molecule has 0 spiro atoms. The van der Waals surface area contributed by atoms with Crippen molar-refractivity contribution in [3.8, 4) is 0 Å². The maximum Gasteiger partial charge on any atom is 0.142 e. The van der Waals surface area contributed by atoms with E-state index < -0.39 is 0 Å². The van der Waals surface area contributed by atoms with Crippen molar-refractivity contribution in [3.05, 3.63) is 35.9 Å². The van der Waals surface area contributed by atoms with Crippen LogP contribution in [0.25, 0.3) is 0 Å². The van der Waals surface area contributed by atoms with Crippen LogP contribution >= 0.6 is 0 Å². The molecule has 0 atom stereocenters. The molecule has 0 saturated heterocycles. The Labute approximate surface area is 72.3 Å². The van der Waals surface area contributed by atoms with E-state index in [9.17, 15) is 0 Å². The van der Waals surface area contributed by atoms with E-state index in [0.717, 1.165) is 17.9 Å². The molecule has 1 aromatic rings. The normalized spacial score (nSPS) is 11.3. The summed E-state index contributed by atoms with van der Waals surface area (Å²) in [6.07, 6.45) is 0. The molecule has 0 fully saturated rings. The molecule has 0 bridgehead atoms. The lowest BCUT2D eigenvalue weighted by molar-refractivity contribution is 0.991. The standard InChI is InChI=1S/C9H13N3/c1-2-11-9(12-10)8-6-4-3-5-7-8/h3-7H,2,10H2,1H3,(H,11,12). The van der Waals surface area contributed by atoms with Gasteiger partial charge < -0.3 is 5.43 Å². The second-order valence-corrected chi connectivity index (χ2v) is 2.33. The van der Waals surface area contributed by atoms with Crippen molar-refractivity contribution in [1.29, 1.82) is 0 Å². The van der Waals surface area contributed by atoms with E-state index in [4.69, 9.17) is 5.84 Å². The van der Waals surface area contributed by atoms with E-state index in [-0.39, 0.29) is 0 Å². The monoisotopic (exact) mass is 163 g/mol. The first kappa shape index (κ1) is 8.74. The van der Waals surface area contributed by atoms with Gasteiger partial charge in [0.05, 0.1) is 0 Å². The third kappa shape index (κ3) is 2.07. The predicted octanol–water partition coefficient (Wildman–Crippen LogP) is 0.916. The van der Waals surface area contributed by atoms with Crippen LogP contribution in [0, 0.1) is 0 Å². The molecule has 0 heterocycles. The zero-order valence-electron chi connectivity index (χ0n) is 7.12. The minimum absolute atomic E-state index is 0.731. The lowest BCUT2D eigenvalue weighted by Gasteiger charge is -2.03. The van der Waals surface area contributed by atoms with Gasteiger partial charge in [-0.15, -0.1) is 0 Å². The van der Waals surface area contributed by atoms with Gasteiger partial charge in [-0.3, -0.25) is 4.99 Å². The number of rotatable bonds is 2. The van der Waals surface area contributed by atoms with Crippen LogP contribution in [0.3, 0.4) is 0 Å². The zero-order chi connectivity index (χ0) is 8.81. The van der Waals surface area contributed by atoms with Crippen LogP contribution in [-0.2, 0) is 0 Å². The molecular formula is C9H13N3. The Morgan fingerprint density at radius 1 is 1.42 bits per heavy atom. The molecule has 1 rings (SSSR count). The second-order valence-electron chi connectivity index (χ2n) is 2.33. The fourth-order valence-electron chi connectivity index (χ4n) is 0.974. The number of nitrogens with one attached hydrogen (secondary N) is 1. The topological polar surface area (TPSA) is 50.4 Å². The first-order chi connectivity index (χ1) is 5.88. The molecule has 0 amide bonds. The van der Waals surface area contributed by atoms with Gasteiger partial charge in [0, 0.05) is 12.1 Å². The average molecular weight is 163 g/mol. The first-order valence-electron chi connectivity index (χ1n) is 3.95. The van der Waals surface area contributed by atoms with Crippen LogP contribution in [0.2, 0.25) is 0 Å². The number of hydrazine groups is 1. The molecule has 64 valence electrons. The highest BCUT2D eigenvalue weighted by atomic mass is 15.2. The fourth-order valence-corrected chi connectivity index (χ4v) is 0.974. The summed E-state index contributed by atoms with van der Waals surface area (Å²) in [5, 5.41) is 0. The summed E-state index contributed by atoms with van der Waals surface area (Å²) in [5.74, 6) is 6.04. The smallest absolute Gasteiger partial charge is 0.142 e. The van der Waals surface area contributed by atoms with Gasteiger partial charge in [-0.2, -0.15) is 0 Å². The Kier molecular flexibility index (Phi) is 3.29. The maximum atomic E-state index is 5.31. The highest BCUT2D eigenvalue weighted by molar-refractivity contribution is 5.98. The summed E-state index contributed by atoms with van der Waals surface area (Å²) < 4.78 is 0. The Morgan fingerprint density at radius 2 is 2.08 bits per heavy atom. The number of amidine groups is 1. The number of benzene rings is 1. The van der Waals surface area contributed by atoms with Crippen molar-refractivity contribution < 1.29 is 0 Å². The summed E-state index contributed by atoms with van der Waals surface area (Å²) in [4.78, 5) is 4.19. The third-order valence-corrected chi connectivity index (χ3v) is 1.50. The lowest BCUT2D eigenvalue weighted by Crippen LogP contribution is -2.31. The largest absolute Gasteiger partial charge is 0.308 e. The number of nitrogens with zero attached hydrogens (tertiary/aromatic N) is 1. The van der Waals surface area contributed by atoms with Crippen molar-refractivity contribution >= 4 is 5.84 Å². The molecule has 0 aliphatic carbocycles. The van der Waals surface area contributed by atoms with Crippen LogP contribution < -0.4 is 11.3 Å². The van der Waals surface area contributed by atoms with Gasteiger partial charge in [0.15, 0.2) is 0 Å².